The van der Waals surface area contributed by atoms with E-state index in [1.54, 1.807) is 12.1 Å². The standard InChI is InChI=1S/C17H15ClN2O/c1-17(2)8-15-13(16(21)9-17)5-6-20(15)12-4-3-11(10-19)14(18)7-12/h3-7H,8-9H2,1-2H3. The van der Waals surface area contributed by atoms with Gasteiger partial charge in [-0.2, -0.15) is 5.26 Å². The number of benzene rings is 1. The van der Waals surface area contributed by atoms with Crippen molar-refractivity contribution in [2.24, 2.45) is 5.41 Å². The van der Waals surface area contributed by atoms with Crippen LogP contribution in [-0.4, -0.2) is 10.4 Å². The predicted octanol–water partition coefficient (Wildman–Crippen LogP) is 4.16. The third-order valence-corrected chi connectivity index (χ3v) is 4.24. The molecule has 21 heavy (non-hydrogen) atoms. The van der Waals surface area contributed by atoms with Crippen molar-refractivity contribution in [2.45, 2.75) is 26.7 Å². The molecule has 1 aromatic carbocycles. The number of aromatic nitrogens is 1. The normalized spacial score (nSPS) is 16.4. The van der Waals surface area contributed by atoms with E-state index in [9.17, 15) is 4.79 Å². The summed E-state index contributed by atoms with van der Waals surface area (Å²) in [6.07, 6.45) is 3.33. The maximum Gasteiger partial charge on any atom is 0.165 e. The van der Waals surface area contributed by atoms with Crippen molar-refractivity contribution in [3.8, 4) is 11.8 Å². The van der Waals surface area contributed by atoms with E-state index in [0.29, 0.717) is 17.0 Å². The van der Waals surface area contributed by atoms with Gasteiger partial charge in [0.15, 0.2) is 5.78 Å². The molecule has 0 saturated carbocycles. The van der Waals surface area contributed by atoms with Crippen molar-refractivity contribution >= 4 is 17.4 Å². The van der Waals surface area contributed by atoms with Gasteiger partial charge in [0.1, 0.15) is 6.07 Å². The highest BCUT2D eigenvalue weighted by Crippen LogP contribution is 2.36. The molecule has 1 heterocycles. The van der Waals surface area contributed by atoms with Crippen molar-refractivity contribution in [3.63, 3.8) is 0 Å². The van der Waals surface area contributed by atoms with Crippen LogP contribution in [-0.2, 0) is 6.42 Å². The first-order valence-corrected chi connectivity index (χ1v) is 7.22. The highest BCUT2D eigenvalue weighted by atomic mass is 35.5. The summed E-state index contributed by atoms with van der Waals surface area (Å²) in [5.41, 5.74) is 3.13. The van der Waals surface area contributed by atoms with E-state index in [-0.39, 0.29) is 11.2 Å². The number of Topliss-reactive ketones (excluding diaryl/α,β-unsaturated/α-hetero) is 1. The van der Waals surface area contributed by atoms with Gasteiger partial charge in [0.05, 0.1) is 10.6 Å². The van der Waals surface area contributed by atoms with Gasteiger partial charge in [-0.15, -0.1) is 0 Å². The maximum atomic E-state index is 12.2. The van der Waals surface area contributed by atoms with Crippen LogP contribution in [0.2, 0.25) is 5.02 Å². The summed E-state index contributed by atoms with van der Waals surface area (Å²) in [4.78, 5) is 12.2. The molecule has 0 fully saturated rings. The second-order valence-corrected chi connectivity index (χ2v) is 6.67. The second-order valence-electron chi connectivity index (χ2n) is 6.26. The van der Waals surface area contributed by atoms with Crippen molar-refractivity contribution in [3.05, 3.63) is 52.3 Å². The van der Waals surface area contributed by atoms with Crippen LogP contribution < -0.4 is 0 Å². The van der Waals surface area contributed by atoms with Gasteiger partial charge >= 0.3 is 0 Å². The molecule has 0 aliphatic heterocycles. The Bertz CT molecular complexity index is 781. The largest absolute Gasteiger partial charge is 0.320 e. The van der Waals surface area contributed by atoms with Crippen LogP contribution in [0.1, 0.15) is 41.9 Å². The first-order chi connectivity index (χ1) is 9.91. The fraction of sp³-hybridized carbons (Fsp3) is 0.294. The van der Waals surface area contributed by atoms with Crippen LogP contribution in [0.15, 0.2) is 30.5 Å². The predicted molar refractivity (Wildman–Crippen MR) is 81.9 cm³/mol. The summed E-state index contributed by atoms with van der Waals surface area (Å²) in [6, 6.07) is 9.27. The Balaban J connectivity index is 2.12. The Morgan fingerprint density at radius 2 is 2.05 bits per heavy atom. The monoisotopic (exact) mass is 298 g/mol. The molecule has 106 valence electrons. The molecule has 0 spiro atoms. The Labute approximate surface area is 128 Å². The molecule has 3 nitrogen and oxygen atoms in total. The van der Waals surface area contributed by atoms with Crippen LogP contribution in [0, 0.1) is 16.7 Å². The van der Waals surface area contributed by atoms with Gasteiger partial charge in [0, 0.05) is 29.6 Å². The van der Waals surface area contributed by atoms with Gasteiger partial charge in [-0.3, -0.25) is 4.79 Å². The van der Waals surface area contributed by atoms with Gasteiger partial charge < -0.3 is 4.57 Å². The number of nitrogens with zero attached hydrogens (tertiary/aromatic N) is 2. The number of halogens is 1. The summed E-state index contributed by atoms with van der Waals surface area (Å²) in [5, 5.41) is 9.38. The first kappa shape index (κ1) is 13.9. The average molecular weight is 299 g/mol. The topological polar surface area (TPSA) is 45.8 Å². The number of nitriles is 1. The molecule has 0 bridgehead atoms. The number of rotatable bonds is 1. The Kier molecular flexibility index (Phi) is 3.15. The average Bonchev–Trinajstić information content (AvgIpc) is 2.81. The summed E-state index contributed by atoms with van der Waals surface area (Å²) >= 11 is 6.11. The van der Waals surface area contributed by atoms with Crippen LogP contribution in [0.3, 0.4) is 0 Å². The van der Waals surface area contributed by atoms with Crippen molar-refractivity contribution in [1.29, 1.82) is 5.26 Å². The number of carbonyl (C=O) groups is 1. The van der Waals surface area contributed by atoms with Crippen LogP contribution in [0.5, 0.6) is 0 Å². The van der Waals surface area contributed by atoms with Gasteiger partial charge in [-0.25, -0.2) is 0 Å². The first-order valence-electron chi connectivity index (χ1n) is 6.85. The van der Waals surface area contributed by atoms with Gasteiger partial charge in [0.2, 0.25) is 0 Å². The molecule has 0 unspecified atom stereocenters. The second kappa shape index (κ2) is 4.75. The molecule has 0 saturated heterocycles. The number of hydrogen-bond acceptors (Lipinski definition) is 2. The lowest BCUT2D eigenvalue weighted by Gasteiger charge is -2.29. The van der Waals surface area contributed by atoms with Gasteiger partial charge in [-0.05, 0) is 36.1 Å². The minimum Gasteiger partial charge on any atom is -0.320 e. The minimum atomic E-state index is -0.0312. The summed E-state index contributed by atoms with van der Waals surface area (Å²) in [5.74, 6) is 0.194. The zero-order valence-corrected chi connectivity index (χ0v) is 12.7. The lowest BCUT2D eigenvalue weighted by Crippen LogP contribution is -2.27. The molecule has 1 aliphatic carbocycles. The van der Waals surface area contributed by atoms with Crippen molar-refractivity contribution in [2.75, 3.05) is 0 Å². The third kappa shape index (κ3) is 2.36. The van der Waals surface area contributed by atoms with E-state index in [2.05, 4.69) is 19.9 Å². The molecular weight excluding hydrogens is 284 g/mol. The van der Waals surface area contributed by atoms with Crippen LogP contribution in [0.4, 0.5) is 0 Å². The Morgan fingerprint density at radius 1 is 1.29 bits per heavy atom. The molecule has 0 amide bonds. The summed E-state index contributed by atoms with van der Waals surface area (Å²) in [6.45, 7) is 4.22. The summed E-state index contributed by atoms with van der Waals surface area (Å²) in [7, 11) is 0. The lowest BCUT2D eigenvalue weighted by atomic mass is 9.76. The van der Waals surface area contributed by atoms with E-state index >= 15 is 0 Å². The van der Waals surface area contributed by atoms with Crippen molar-refractivity contribution < 1.29 is 4.79 Å². The molecular formula is C17H15ClN2O. The van der Waals surface area contributed by atoms with E-state index in [1.807, 2.05) is 22.9 Å². The van der Waals surface area contributed by atoms with Crippen molar-refractivity contribution in [1.82, 2.24) is 4.57 Å². The number of ketones is 1. The molecule has 4 heteroatoms. The van der Waals surface area contributed by atoms with Crippen LogP contribution >= 0.6 is 11.6 Å². The zero-order valence-electron chi connectivity index (χ0n) is 12.0. The fourth-order valence-corrected chi connectivity index (χ4v) is 3.15. The van der Waals surface area contributed by atoms with E-state index in [1.165, 1.54) is 0 Å². The quantitative estimate of drug-likeness (QED) is 0.793. The SMILES string of the molecule is CC1(C)CC(=O)c2ccn(-c3ccc(C#N)c(Cl)c3)c2C1. The number of fused-ring (bicyclic) bond motifs is 1. The van der Waals surface area contributed by atoms with E-state index in [0.717, 1.165) is 23.4 Å². The Hall–Kier alpha value is -2.05. The molecule has 0 radical (unpaired) electrons. The van der Waals surface area contributed by atoms with E-state index < -0.39 is 0 Å². The zero-order chi connectivity index (χ0) is 15.2. The smallest absolute Gasteiger partial charge is 0.165 e. The molecule has 1 aromatic heterocycles. The molecule has 3 rings (SSSR count). The van der Waals surface area contributed by atoms with E-state index in [4.69, 9.17) is 16.9 Å². The third-order valence-electron chi connectivity index (χ3n) is 3.93. The van der Waals surface area contributed by atoms with Gasteiger partial charge in [0.25, 0.3) is 0 Å². The highest BCUT2D eigenvalue weighted by Gasteiger charge is 2.33. The van der Waals surface area contributed by atoms with Gasteiger partial charge in [-0.1, -0.05) is 25.4 Å². The lowest BCUT2D eigenvalue weighted by molar-refractivity contribution is 0.0911. The van der Waals surface area contributed by atoms with Crippen LogP contribution in [0.25, 0.3) is 5.69 Å². The number of hydrogen-bond donors (Lipinski definition) is 0. The molecule has 0 atom stereocenters. The Morgan fingerprint density at radius 3 is 2.71 bits per heavy atom. The highest BCUT2D eigenvalue weighted by molar-refractivity contribution is 6.31. The number of carbonyl (C=O) groups excluding carboxylic acids is 1. The maximum absolute atomic E-state index is 12.2. The molecule has 1 aliphatic rings. The fourth-order valence-electron chi connectivity index (χ4n) is 2.93. The molecule has 2 aromatic rings. The molecule has 0 N–H and O–H groups in total. The minimum absolute atomic E-state index is 0.0312. The summed E-state index contributed by atoms with van der Waals surface area (Å²) < 4.78 is 2.00.